The van der Waals surface area contributed by atoms with Crippen LogP contribution >= 0.6 is 22.9 Å². The maximum Gasteiger partial charge on any atom is 0.145 e. The van der Waals surface area contributed by atoms with Crippen molar-refractivity contribution in [1.29, 1.82) is 0 Å². The average molecular weight is 291 g/mol. The molecular weight excluding hydrogens is 280 g/mol. The highest BCUT2D eigenvalue weighted by molar-refractivity contribution is 7.13. The van der Waals surface area contributed by atoms with Gasteiger partial charge in [-0.25, -0.2) is 4.98 Å². The second-order valence-electron chi connectivity index (χ2n) is 4.06. The number of halogens is 1. The molecule has 4 nitrogen and oxygen atoms in total. The van der Waals surface area contributed by atoms with Crippen molar-refractivity contribution in [3.05, 3.63) is 52.6 Å². The van der Waals surface area contributed by atoms with Gasteiger partial charge in [-0.2, -0.15) is 5.10 Å². The van der Waals surface area contributed by atoms with E-state index in [9.17, 15) is 0 Å². The first-order valence-electron chi connectivity index (χ1n) is 5.70. The van der Waals surface area contributed by atoms with Gasteiger partial charge in [0.2, 0.25) is 0 Å². The maximum atomic E-state index is 6.14. The predicted octanol–water partition coefficient (Wildman–Crippen LogP) is 3.29. The van der Waals surface area contributed by atoms with Crippen LogP contribution in [0.1, 0.15) is 5.56 Å². The fourth-order valence-electron chi connectivity index (χ4n) is 1.83. The first kappa shape index (κ1) is 12.2. The van der Waals surface area contributed by atoms with E-state index in [-0.39, 0.29) is 0 Å². The molecule has 0 unspecified atom stereocenters. The van der Waals surface area contributed by atoms with E-state index in [0.29, 0.717) is 12.2 Å². The quantitative estimate of drug-likeness (QED) is 0.805. The van der Waals surface area contributed by atoms with Crippen molar-refractivity contribution in [2.24, 2.45) is 0 Å². The number of benzene rings is 1. The number of rotatable bonds is 3. The predicted molar refractivity (Wildman–Crippen MR) is 78.3 cm³/mol. The van der Waals surface area contributed by atoms with E-state index in [4.69, 9.17) is 17.3 Å². The van der Waals surface area contributed by atoms with Crippen LogP contribution in [0.2, 0.25) is 5.02 Å². The van der Waals surface area contributed by atoms with E-state index in [1.54, 1.807) is 17.1 Å². The summed E-state index contributed by atoms with van der Waals surface area (Å²) in [5, 5.41) is 7.93. The summed E-state index contributed by atoms with van der Waals surface area (Å²) >= 11 is 7.66. The van der Waals surface area contributed by atoms with Crippen LogP contribution in [-0.2, 0) is 6.54 Å². The Labute approximate surface area is 119 Å². The zero-order chi connectivity index (χ0) is 13.2. The van der Waals surface area contributed by atoms with Gasteiger partial charge in [0.1, 0.15) is 10.7 Å². The van der Waals surface area contributed by atoms with E-state index in [2.05, 4.69) is 10.1 Å². The van der Waals surface area contributed by atoms with Crippen molar-refractivity contribution in [3.8, 4) is 10.7 Å². The average Bonchev–Trinajstić information content (AvgIpc) is 3.01. The van der Waals surface area contributed by atoms with Gasteiger partial charge in [-0.05, 0) is 11.6 Å². The van der Waals surface area contributed by atoms with Crippen LogP contribution in [0.4, 0.5) is 5.69 Å². The first-order chi connectivity index (χ1) is 9.24. The zero-order valence-electron chi connectivity index (χ0n) is 9.95. The summed E-state index contributed by atoms with van der Waals surface area (Å²) in [6.07, 6.45) is 3.55. The molecule has 0 spiro atoms. The summed E-state index contributed by atoms with van der Waals surface area (Å²) in [4.78, 5) is 4.22. The van der Waals surface area contributed by atoms with Crippen molar-refractivity contribution < 1.29 is 0 Å². The third kappa shape index (κ3) is 2.47. The molecule has 3 aromatic rings. The SMILES string of the molecule is Nc1cn(Cc2ccccc2Cl)nc1-c1nccs1. The lowest BCUT2D eigenvalue weighted by molar-refractivity contribution is 0.689. The monoisotopic (exact) mass is 290 g/mol. The number of anilines is 1. The van der Waals surface area contributed by atoms with Crippen molar-refractivity contribution in [2.75, 3.05) is 5.73 Å². The highest BCUT2D eigenvalue weighted by Gasteiger charge is 2.11. The molecular formula is C13H11ClN4S. The molecule has 2 N–H and O–H groups in total. The Morgan fingerprint density at radius 1 is 1.32 bits per heavy atom. The van der Waals surface area contributed by atoms with Crippen molar-refractivity contribution >= 4 is 28.6 Å². The van der Waals surface area contributed by atoms with Gasteiger partial charge >= 0.3 is 0 Å². The molecule has 2 heterocycles. The van der Waals surface area contributed by atoms with E-state index in [0.717, 1.165) is 21.3 Å². The molecule has 0 aliphatic heterocycles. The summed E-state index contributed by atoms with van der Waals surface area (Å²) in [6.45, 7) is 0.593. The number of hydrogen-bond acceptors (Lipinski definition) is 4. The molecule has 1 aromatic carbocycles. The largest absolute Gasteiger partial charge is 0.396 e. The molecule has 0 aliphatic rings. The minimum atomic E-state index is 0.593. The lowest BCUT2D eigenvalue weighted by atomic mass is 10.2. The van der Waals surface area contributed by atoms with Crippen LogP contribution in [0, 0.1) is 0 Å². The van der Waals surface area contributed by atoms with Crippen molar-refractivity contribution in [2.45, 2.75) is 6.54 Å². The lowest BCUT2D eigenvalue weighted by Gasteiger charge is -2.03. The number of nitrogens with zero attached hydrogens (tertiary/aromatic N) is 3. The lowest BCUT2D eigenvalue weighted by Crippen LogP contribution is -2.00. The molecule has 0 saturated heterocycles. The standard InChI is InChI=1S/C13H11ClN4S/c14-10-4-2-1-3-9(10)7-18-8-11(15)12(17-18)13-16-5-6-19-13/h1-6,8H,7,15H2. The molecule has 0 amide bonds. The van der Waals surface area contributed by atoms with Crippen molar-refractivity contribution in [1.82, 2.24) is 14.8 Å². The third-order valence-electron chi connectivity index (χ3n) is 2.72. The summed E-state index contributed by atoms with van der Waals surface area (Å²) in [5.41, 5.74) is 8.34. The zero-order valence-corrected chi connectivity index (χ0v) is 11.5. The molecule has 3 rings (SSSR count). The highest BCUT2D eigenvalue weighted by atomic mass is 35.5. The minimum Gasteiger partial charge on any atom is -0.396 e. The molecule has 0 radical (unpaired) electrons. The molecule has 19 heavy (non-hydrogen) atoms. The van der Waals surface area contributed by atoms with Crippen molar-refractivity contribution in [3.63, 3.8) is 0 Å². The van der Waals surface area contributed by atoms with Gasteiger partial charge < -0.3 is 5.73 Å². The molecule has 0 aliphatic carbocycles. The van der Waals surface area contributed by atoms with Crippen LogP contribution in [0.25, 0.3) is 10.7 Å². The second-order valence-corrected chi connectivity index (χ2v) is 5.36. The summed E-state index contributed by atoms with van der Waals surface area (Å²) in [6, 6.07) is 7.70. The van der Waals surface area contributed by atoms with Gasteiger partial charge in [-0.1, -0.05) is 29.8 Å². The van der Waals surface area contributed by atoms with Gasteiger partial charge in [0, 0.05) is 22.8 Å². The Morgan fingerprint density at radius 2 is 2.16 bits per heavy atom. The van der Waals surface area contributed by atoms with Crippen LogP contribution < -0.4 is 5.73 Å². The van der Waals surface area contributed by atoms with E-state index >= 15 is 0 Å². The molecule has 96 valence electrons. The summed E-state index contributed by atoms with van der Waals surface area (Å²) in [7, 11) is 0. The minimum absolute atomic E-state index is 0.593. The van der Waals surface area contributed by atoms with Crippen LogP contribution in [0.5, 0.6) is 0 Å². The number of aromatic nitrogens is 3. The molecule has 6 heteroatoms. The van der Waals surface area contributed by atoms with Crippen LogP contribution in [0.15, 0.2) is 42.0 Å². The Morgan fingerprint density at radius 3 is 2.89 bits per heavy atom. The highest BCUT2D eigenvalue weighted by Crippen LogP contribution is 2.26. The third-order valence-corrected chi connectivity index (χ3v) is 3.86. The Kier molecular flexibility index (Phi) is 3.23. The van der Waals surface area contributed by atoms with Gasteiger partial charge in [0.15, 0.2) is 0 Å². The van der Waals surface area contributed by atoms with Gasteiger partial charge in [0.25, 0.3) is 0 Å². The molecule has 0 bridgehead atoms. The Hall–Kier alpha value is -1.85. The Bertz CT molecular complexity index is 690. The summed E-state index contributed by atoms with van der Waals surface area (Å²) < 4.78 is 1.78. The molecule has 0 atom stereocenters. The fourth-order valence-corrected chi connectivity index (χ4v) is 2.66. The number of hydrogen-bond donors (Lipinski definition) is 1. The number of nitrogen functional groups attached to an aromatic ring is 1. The normalized spacial score (nSPS) is 10.8. The van der Waals surface area contributed by atoms with Gasteiger partial charge in [-0.15, -0.1) is 11.3 Å². The topological polar surface area (TPSA) is 56.7 Å². The maximum absolute atomic E-state index is 6.14. The smallest absolute Gasteiger partial charge is 0.145 e. The van der Waals surface area contributed by atoms with Gasteiger partial charge in [0.05, 0.1) is 12.2 Å². The van der Waals surface area contributed by atoms with Crippen LogP contribution in [0.3, 0.4) is 0 Å². The molecule has 0 saturated carbocycles. The summed E-state index contributed by atoms with van der Waals surface area (Å²) in [5.74, 6) is 0. The molecule has 0 fully saturated rings. The van der Waals surface area contributed by atoms with Gasteiger partial charge in [-0.3, -0.25) is 4.68 Å². The van der Waals surface area contributed by atoms with E-state index < -0.39 is 0 Å². The second kappa shape index (κ2) is 5.03. The number of nitrogens with two attached hydrogens (primary N) is 1. The number of thiazole rings is 1. The van der Waals surface area contributed by atoms with Crippen LogP contribution in [-0.4, -0.2) is 14.8 Å². The fraction of sp³-hybridized carbons (Fsp3) is 0.0769. The van der Waals surface area contributed by atoms with E-state index in [1.165, 1.54) is 11.3 Å². The Balaban J connectivity index is 1.91. The first-order valence-corrected chi connectivity index (χ1v) is 6.96. The molecule has 2 aromatic heterocycles. The van der Waals surface area contributed by atoms with E-state index in [1.807, 2.05) is 29.6 Å².